The highest BCUT2D eigenvalue weighted by atomic mass is 32.1. The Bertz CT molecular complexity index is 520. The Hall–Kier alpha value is -1.17. The maximum atomic E-state index is 4.19. The van der Waals surface area contributed by atoms with Gasteiger partial charge in [-0.25, -0.2) is 0 Å². The summed E-state index contributed by atoms with van der Waals surface area (Å²) in [7, 11) is 0. The fourth-order valence-electron chi connectivity index (χ4n) is 2.86. The summed E-state index contributed by atoms with van der Waals surface area (Å²) < 4.78 is 0. The lowest BCUT2D eigenvalue weighted by Crippen LogP contribution is -2.26. The molecule has 2 N–H and O–H groups in total. The predicted octanol–water partition coefficient (Wildman–Crippen LogP) is 2.57. The Balaban J connectivity index is 1.51. The maximum Gasteiger partial charge on any atom is 0.0794 e. The van der Waals surface area contributed by atoms with E-state index in [2.05, 4.69) is 44.9 Å². The first-order valence-electron chi connectivity index (χ1n) is 7.36. The summed E-state index contributed by atoms with van der Waals surface area (Å²) in [6.45, 7) is 7.93. The monoisotopic (exact) mass is 290 g/mol. The van der Waals surface area contributed by atoms with Crippen molar-refractivity contribution in [2.24, 2.45) is 5.92 Å². The maximum absolute atomic E-state index is 4.19. The van der Waals surface area contributed by atoms with E-state index < -0.39 is 0 Å². The molecule has 3 heterocycles. The number of H-pyrrole nitrogens is 1. The number of hydrogen-bond acceptors (Lipinski definition) is 4. The molecule has 0 aliphatic carbocycles. The lowest BCUT2D eigenvalue weighted by molar-refractivity contribution is 0.339. The van der Waals surface area contributed by atoms with Crippen molar-refractivity contribution in [3.05, 3.63) is 29.3 Å². The van der Waals surface area contributed by atoms with Gasteiger partial charge < -0.3 is 10.2 Å². The molecule has 1 aliphatic rings. The fraction of sp³-hybridized carbons (Fsp3) is 0.533. The van der Waals surface area contributed by atoms with Gasteiger partial charge in [0.15, 0.2) is 0 Å². The van der Waals surface area contributed by atoms with E-state index in [0.717, 1.165) is 24.7 Å². The highest BCUT2D eigenvalue weighted by Crippen LogP contribution is 2.25. The van der Waals surface area contributed by atoms with Crippen molar-refractivity contribution in [2.45, 2.75) is 19.9 Å². The Morgan fingerprint density at radius 3 is 3.25 bits per heavy atom. The minimum absolute atomic E-state index is 0.798. The van der Waals surface area contributed by atoms with Crippen LogP contribution in [0.1, 0.15) is 18.9 Å². The van der Waals surface area contributed by atoms with E-state index in [1.54, 1.807) is 11.3 Å². The van der Waals surface area contributed by atoms with Crippen LogP contribution in [-0.2, 0) is 6.54 Å². The molecule has 1 fully saturated rings. The van der Waals surface area contributed by atoms with Crippen molar-refractivity contribution in [1.29, 1.82) is 0 Å². The van der Waals surface area contributed by atoms with Crippen LogP contribution in [0.5, 0.6) is 0 Å². The van der Waals surface area contributed by atoms with Gasteiger partial charge in [0.2, 0.25) is 0 Å². The summed E-state index contributed by atoms with van der Waals surface area (Å²) in [6, 6.07) is 4.22. The SMILES string of the molecule is CCN1CCC(CNCc2cn[nH]c2-c2cccs2)C1. The third kappa shape index (κ3) is 3.11. The zero-order valence-corrected chi connectivity index (χ0v) is 12.7. The molecule has 1 aliphatic heterocycles. The first-order chi connectivity index (χ1) is 9.86. The molecule has 0 aromatic carbocycles. The second kappa shape index (κ2) is 6.52. The number of thiophene rings is 1. The summed E-state index contributed by atoms with van der Waals surface area (Å²) in [5.41, 5.74) is 2.42. The number of hydrogen-bond donors (Lipinski definition) is 2. The summed E-state index contributed by atoms with van der Waals surface area (Å²) in [4.78, 5) is 3.79. The molecule has 2 aromatic rings. The lowest BCUT2D eigenvalue weighted by atomic mass is 10.1. The van der Waals surface area contributed by atoms with Gasteiger partial charge in [0, 0.05) is 18.7 Å². The standard InChI is InChI=1S/C15H22N4S/c1-2-19-6-5-12(11-19)8-16-9-13-10-17-18-15(13)14-4-3-7-20-14/h3-4,7,10,12,16H,2,5-6,8-9,11H2,1H3,(H,17,18). The Morgan fingerprint density at radius 1 is 1.55 bits per heavy atom. The molecule has 3 rings (SSSR count). The van der Waals surface area contributed by atoms with Gasteiger partial charge in [0.25, 0.3) is 0 Å². The predicted molar refractivity (Wildman–Crippen MR) is 83.8 cm³/mol. The summed E-state index contributed by atoms with van der Waals surface area (Å²) in [5.74, 6) is 0.798. The van der Waals surface area contributed by atoms with Crippen molar-refractivity contribution in [3.63, 3.8) is 0 Å². The van der Waals surface area contributed by atoms with Crippen LogP contribution in [0.4, 0.5) is 0 Å². The van der Waals surface area contributed by atoms with E-state index in [9.17, 15) is 0 Å². The molecular weight excluding hydrogens is 268 g/mol. The van der Waals surface area contributed by atoms with E-state index in [-0.39, 0.29) is 0 Å². The van der Waals surface area contributed by atoms with Gasteiger partial charge in [-0.05, 0) is 43.4 Å². The molecule has 2 aromatic heterocycles. The van der Waals surface area contributed by atoms with Gasteiger partial charge in [-0.3, -0.25) is 5.10 Å². The number of nitrogens with zero attached hydrogens (tertiary/aromatic N) is 2. The number of likely N-dealkylation sites (tertiary alicyclic amines) is 1. The van der Waals surface area contributed by atoms with E-state index >= 15 is 0 Å². The summed E-state index contributed by atoms with van der Waals surface area (Å²) in [6.07, 6.45) is 3.26. The molecule has 0 bridgehead atoms. The fourth-order valence-corrected chi connectivity index (χ4v) is 3.61. The van der Waals surface area contributed by atoms with Crippen LogP contribution in [0.2, 0.25) is 0 Å². The average molecular weight is 290 g/mol. The Kier molecular flexibility index (Phi) is 4.50. The van der Waals surface area contributed by atoms with Crippen molar-refractivity contribution >= 4 is 11.3 Å². The minimum atomic E-state index is 0.798. The van der Waals surface area contributed by atoms with Gasteiger partial charge >= 0.3 is 0 Å². The van der Waals surface area contributed by atoms with Gasteiger partial charge in [0.05, 0.1) is 16.8 Å². The zero-order chi connectivity index (χ0) is 13.8. The van der Waals surface area contributed by atoms with Crippen LogP contribution < -0.4 is 5.32 Å². The quantitative estimate of drug-likeness (QED) is 0.859. The highest BCUT2D eigenvalue weighted by molar-refractivity contribution is 7.13. The Morgan fingerprint density at radius 2 is 2.50 bits per heavy atom. The van der Waals surface area contributed by atoms with E-state index in [0.29, 0.717) is 0 Å². The number of nitrogens with one attached hydrogen (secondary N) is 2. The number of rotatable bonds is 6. The van der Waals surface area contributed by atoms with Crippen molar-refractivity contribution in [1.82, 2.24) is 20.4 Å². The molecule has 108 valence electrons. The highest BCUT2D eigenvalue weighted by Gasteiger charge is 2.20. The molecule has 0 radical (unpaired) electrons. The van der Waals surface area contributed by atoms with Crippen LogP contribution in [0.25, 0.3) is 10.6 Å². The first kappa shape index (κ1) is 13.8. The van der Waals surface area contributed by atoms with Crippen LogP contribution in [-0.4, -0.2) is 41.3 Å². The van der Waals surface area contributed by atoms with E-state index in [1.807, 2.05) is 6.20 Å². The molecule has 0 saturated carbocycles. The number of aromatic nitrogens is 2. The van der Waals surface area contributed by atoms with Gasteiger partial charge in [-0.2, -0.15) is 5.10 Å². The van der Waals surface area contributed by atoms with Gasteiger partial charge in [-0.15, -0.1) is 11.3 Å². The molecule has 1 saturated heterocycles. The third-order valence-corrected chi connectivity index (χ3v) is 4.94. The molecule has 1 atom stereocenters. The van der Waals surface area contributed by atoms with Crippen LogP contribution in [0.3, 0.4) is 0 Å². The molecule has 20 heavy (non-hydrogen) atoms. The van der Waals surface area contributed by atoms with Gasteiger partial charge in [0.1, 0.15) is 0 Å². The normalized spacial score (nSPS) is 19.8. The van der Waals surface area contributed by atoms with Crippen LogP contribution >= 0.6 is 11.3 Å². The average Bonchev–Trinajstić information content (AvgIpc) is 3.20. The summed E-state index contributed by atoms with van der Waals surface area (Å²) >= 11 is 1.75. The zero-order valence-electron chi connectivity index (χ0n) is 11.9. The topological polar surface area (TPSA) is 44.0 Å². The summed E-state index contributed by atoms with van der Waals surface area (Å²) in [5, 5.41) is 13.0. The Labute approximate surface area is 124 Å². The van der Waals surface area contributed by atoms with E-state index in [1.165, 1.54) is 36.5 Å². The lowest BCUT2D eigenvalue weighted by Gasteiger charge is -2.13. The van der Waals surface area contributed by atoms with Crippen LogP contribution in [0, 0.1) is 5.92 Å². The molecule has 1 unspecified atom stereocenters. The number of aromatic amines is 1. The van der Waals surface area contributed by atoms with Crippen LogP contribution in [0.15, 0.2) is 23.7 Å². The van der Waals surface area contributed by atoms with Gasteiger partial charge in [-0.1, -0.05) is 13.0 Å². The van der Waals surface area contributed by atoms with Crippen molar-refractivity contribution < 1.29 is 0 Å². The van der Waals surface area contributed by atoms with Crippen molar-refractivity contribution in [3.8, 4) is 10.6 Å². The van der Waals surface area contributed by atoms with E-state index in [4.69, 9.17) is 0 Å². The molecule has 0 spiro atoms. The third-order valence-electron chi connectivity index (χ3n) is 4.05. The molecule has 0 amide bonds. The van der Waals surface area contributed by atoms with Crippen molar-refractivity contribution in [2.75, 3.05) is 26.2 Å². The molecular formula is C15H22N4S. The molecule has 5 heteroatoms. The first-order valence-corrected chi connectivity index (χ1v) is 8.24. The largest absolute Gasteiger partial charge is 0.312 e. The minimum Gasteiger partial charge on any atom is -0.312 e. The second-order valence-electron chi connectivity index (χ2n) is 5.43. The molecule has 4 nitrogen and oxygen atoms in total. The second-order valence-corrected chi connectivity index (χ2v) is 6.37. The smallest absolute Gasteiger partial charge is 0.0794 e.